The van der Waals surface area contributed by atoms with Crippen molar-refractivity contribution in [1.82, 2.24) is 15.4 Å². The summed E-state index contributed by atoms with van der Waals surface area (Å²) in [6, 6.07) is 1.55. The monoisotopic (exact) mass is 387 g/mol. The van der Waals surface area contributed by atoms with Crippen LogP contribution >= 0.6 is 0 Å². The molecule has 27 heavy (non-hydrogen) atoms. The Morgan fingerprint density at radius 1 is 1.41 bits per heavy atom. The van der Waals surface area contributed by atoms with Crippen LogP contribution in [0.2, 0.25) is 0 Å². The summed E-state index contributed by atoms with van der Waals surface area (Å²) in [6.45, 7) is 2.58. The highest BCUT2D eigenvalue weighted by Crippen LogP contribution is 2.49. The van der Waals surface area contributed by atoms with Crippen LogP contribution in [0.15, 0.2) is 20.8 Å². The van der Waals surface area contributed by atoms with Gasteiger partial charge in [0.25, 0.3) is 11.6 Å². The second kappa shape index (κ2) is 6.86. The highest BCUT2D eigenvalue weighted by molar-refractivity contribution is 5.91. The van der Waals surface area contributed by atoms with Crippen molar-refractivity contribution in [2.24, 2.45) is 16.1 Å². The summed E-state index contributed by atoms with van der Waals surface area (Å²) in [7, 11) is 0. The topological polar surface area (TPSA) is 92.3 Å². The number of hydrogen-bond acceptors (Lipinski definition) is 7. The molecule has 2 atom stereocenters. The third-order valence-electron chi connectivity index (χ3n) is 5.17. The van der Waals surface area contributed by atoms with Gasteiger partial charge in [-0.15, -0.1) is 10.2 Å². The van der Waals surface area contributed by atoms with Gasteiger partial charge >= 0.3 is 6.18 Å². The molecule has 148 valence electrons. The van der Waals surface area contributed by atoms with Gasteiger partial charge in [0.15, 0.2) is 0 Å². The Hall–Kier alpha value is -2.01. The van der Waals surface area contributed by atoms with Crippen molar-refractivity contribution in [1.29, 1.82) is 0 Å². The average molecular weight is 387 g/mol. The van der Waals surface area contributed by atoms with Gasteiger partial charge in [-0.25, -0.2) is 0 Å². The molecule has 3 aliphatic heterocycles. The van der Waals surface area contributed by atoms with E-state index in [2.05, 4.69) is 20.7 Å². The van der Waals surface area contributed by atoms with Crippen LogP contribution in [0.3, 0.4) is 0 Å². The van der Waals surface area contributed by atoms with E-state index in [0.717, 1.165) is 6.54 Å². The molecule has 1 N–H and O–H groups in total. The number of alkyl halides is 3. The van der Waals surface area contributed by atoms with Crippen LogP contribution in [-0.2, 0) is 4.74 Å². The van der Waals surface area contributed by atoms with Crippen LogP contribution in [0.25, 0.3) is 0 Å². The van der Waals surface area contributed by atoms with Crippen LogP contribution in [0.4, 0.5) is 13.2 Å². The number of piperidine rings is 1. The quantitative estimate of drug-likeness (QED) is 0.856. The molecule has 3 aliphatic rings. The van der Waals surface area contributed by atoms with Crippen molar-refractivity contribution in [2.75, 3.05) is 32.8 Å². The first-order chi connectivity index (χ1) is 12.9. The number of ether oxygens (including phenoxy) is 1. The van der Waals surface area contributed by atoms with Crippen molar-refractivity contribution >= 4 is 5.91 Å². The van der Waals surface area contributed by atoms with Gasteiger partial charge in [0.1, 0.15) is 11.8 Å². The maximum Gasteiger partial charge on any atom is 0.437 e. The number of nitrogens with one attached hydrogen (secondary N) is 1. The minimum atomic E-state index is -4.48. The molecule has 11 heteroatoms. The van der Waals surface area contributed by atoms with Gasteiger partial charge in [-0.05, 0) is 18.8 Å². The first kappa shape index (κ1) is 18.4. The van der Waals surface area contributed by atoms with Gasteiger partial charge in [-0.2, -0.15) is 13.2 Å². The summed E-state index contributed by atoms with van der Waals surface area (Å²) in [6.07, 6.45) is -3.74. The second-order valence-corrected chi connectivity index (χ2v) is 7.16. The molecular weight excluding hydrogens is 367 g/mol. The van der Waals surface area contributed by atoms with Gasteiger partial charge in [0, 0.05) is 38.7 Å². The Morgan fingerprint density at radius 2 is 2.22 bits per heavy atom. The van der Waals surface area contributed by atoms with Crippen LogP contribution in [0, 0.1) is 5.92 Å². The molecule has 4 rings (SSSR count). The van der Waals surface area contributed by atoms with Gasteiger partial charge in [-0.1, -0.05) is 5.16 Å². The Bertz CT molecular complexity index is 723. The molecule has 1 aromatic rings. The number of rotatable bonds is 4. The number of likely N-dealkylation sites (tertiary alicyclic amines) is 1. The van der Waals surface area contributed by atoms with Crippen molar-refractivity contribution in [3.8, 4) is 0 Å². The molecule has 0 aliphatic carbocycles. The third-order valence-corrected chi connectivity index (χ3v) is 5.17. The van der Waals surface area contributed by atoms with E-state index >= 15 is 0 Å². The molecule has 1 amide bonds. The Morgan fingerprint density at radius 3 is 2.89 bits per heavy atom. The van der Waals surface area contributed by atoms with Gasteiger partial charge in [0.2, 0.25) is 5.76 Å². The maximum atomic E-state index is 13.0. The van der Waals surface area contributed by atoms with Crippen molar-refractivity contribution < 1.29 is 27.2 Å². The predicted molar refractivity (Wildman–Crippen MR) is 85.0 cm³/mol. The third kappa shape index (κ3) is 3.70. The number of morpholine rings is 1. The first-order valence-corrected chi connectivity index (χ1v) is 8.97. The van der Waals surface area contributed by atoms with E-state index in [1.165, 1.54) is 4.90 Å². The zero-order chi connectivity index (χ0) is 19.1. The molecule has 0 aromatic carbocycles. The molecule has 0 spiro atoms. The van der Waals surface area contributed by atoms with Gasteiger partial charge in [-0.3, -0.25) is 4.79 Å². The number of nitrogens with zero attached hydrogens (tertiary/aromatic N) is 4. The predicted octanol–water partition coefficient (Wildman–Crippen LogP) is 2.30. The molecule has 2 fully saturated rings. The number of hydrogen-bond donors (Lipinski definition) is 1. The van der Waals surface area contributed by atoms with E-state index in [9.17, 15) is 18.0 Å². The minimum Gasteiger partial charge on any atom is -0.369 e. The normalized spacial score (nSPS) is 27.6. The Balaban J connectivity index is 1.38. The molecule has 2 unspecified atom stereocenters. The lowest BCUT2D eigenvalue weighted by atomic mass is 9.89. The highest BCUT2D eigenvalue weighted by Gasteiger charge is 2.64. The lowest BCUT2D eigenvalue weighted by Crippen LogP contribution is -2.43. The lowest BCUT2D eigenvalue weighted by Gasteiger charge is -2.33. The molecule has 2 saturated heterocycles. The van der Waals surface area contributed by atoms with E-state index < -0.39 is 11.8 Å². The number of halogens is 3. The van der Waals surface area contributed by atoms with Crippen molar-refractivity contribution in [3.05, 3.63) is 17.5 Å². The zero-order valence-electron chi connectivity index (χ0n) is 14.5. The minimum absolute atomic E-state index is 0.0751. The molecule has 0 bridgehead atoms. The van der Waals surface area contributed by atoms with E-state index in [1.54, 1.807) is 6.07 Å². The Labute approximate surface area is 153 Å². The van der Waals surface area contributed by atoms with E-state index in [4.69, 9.17) is 9.26 Å². The maximum absolute atomic E-state index is 13.0. The summed E-state index contributed by atoms with van der Waals surface area (Å²) in [4.78, 5) is 14.2. The largest absolute Gasteiger partial charge is 0.437 e. The standard InChI is InChI=1S/C16H20F3N5O3/c17-16(18,19)15(22-23-15)7-10-2-1-4-24(9-10)14(25)12-6-11(21-27-12)13-8-20-3-5-26-13/h6,10,13,20H,1-5,7-9H2. The summed E-state index contributed by atoms with van der Waals surface area (Å²) in [5.74, 6) is -0.605. The number of aromatic nitrogens is 1. The number of amides is 1. The molecule has 8 nitrogen and oxygen atoms in total. The van der Waals surface area contributed by atoms with Crippen LogP contribution in [0.5, 0.6) is 0 Å². The molecule has 4 heterocycles. The van der Waals surface area contributed by atoms with E-state index in [1.807, 2.05) is 0 Å². The zero-order valence-corrected chi connectivity index (χ0v) is 14.5. The average Bonchev–Trinajstić information content (AvgIpc) is 3.29. The number of carbonyl (C=O) groups is 1. The summed E-state index contributed by atoms with van der Waals surface area (Å²) in [5, 5.41) is 13.5. The fourth-order valence-corrected chi connectivity index (χ4v) is 3.64. The van der Waals surface area contributed by atoms with Crippen LogP contribution in [0.1, 0.15) is 41.6 Å². The van der Waals surface area contributed by atoms with Gasteiger partial charge < -0.3 is 19.5 Å². The summed E-state index contributed by atoms with van der Waals surface area (Å²) < 4.78 is 49.9. The highest BCUT2D eigenvalue weighted by atomic mass is 19.4. The lowest BCUT2D eigenvalue weighted by molar-refractivity contribution is -0.168. The fourth-order valence-electron chi connectivity index (χ4n) is 3.64. The van der Waals surface area contributed by atoms with E-state index in [-0.39, 0.29) is 36.7 Å². The first-order valence-electron chi connectivity index (χ1n) is 8.97. The molecule has 0 radical (unpaired) electrons. The smallest absolute Gasteiger partial charge is 0.369 e. The van der Waals surface area contributed by atoms with E-state index in [0.29, 0.717) is 38.2 Å². The SMILES string of the molecule is O=C(c1cc(C2CNCCO2)no1)N1CCCC(CC2(C(F)(F)F)N=N2)C1. The van der Waals surface area contributed by atoms with Gasteiger partial charge in [0.05, 0.1) is 6.61 Å². The molecule has 0 saturated carbocycles. The number of carbonyl (C=O) groups excluding carboxylic acids is 1. The second-order valence-electron chi connectivity index (χ2n) is 7.16. The summed E-state index contributed by atoms with van der Waals surface area (Å²) >= 11 is 0. The van der Waals surface area contributed by atoms with Crippen molar-refractivity contribution in [3.63, 3.8) is 0 Å². The molecular formula is C16H20F3N5O3. The van der Waals surface area contributed by atoms with Crippen LogP contribution < -0.4 is 5.32 Å². The summed E-state index contributed by atoms with van der Waals surface area (Å²) in [5.41, 5.74) is -1.74. The van der Waals surface area contributed by atoms with Crippen molar-refractivity contribution in [2.45, 2.75) is 37.2 Å². The fraction of sp³-hybridized carbons (Fsp3) is 0.750. The van der Waals surface area contributed by atoms with Crippen LogP contribution in [-0.4, -0.2) is 60.6 Å². The Kier molecular flexibility index (Phi) is 4.66. The molecule has 1 aromatic heterocycles.